The quantitative estimate of drug-likeness (QED) is 0.710. The topological polar surface area (TPSA) is 56.0 Å². The van der Waals surface area contributed by atoms with Crippen LogP contribution in [0.3, 0.4) is 0 Å². The zero-order valence-corrected chi connectivity index (χ0v) is 8.25. The Kier molecular flexibility index (Phi) is 3.96. The number of nitrogens with zero attached hydrogens (tertiary/aromatic N) is 1. The average molecular weight is 190 g/mol. The van der Waals surface area contributed by atoms with Crippen LogP contribution in [0.1, 0.15) is 17.5 Å². The van der Waals surface area contributed by atoms with Crippen molar-refractivity contribution < 1.29 is 5.11 Å². The van der Waals surface area contributed by atoms with Gasteiger partial charge in [-0.25, -0.2) is 0 Å². The molecule has 14 heavy (non-hydrogen) atoms. The number of rotatable bonds is 4. The number of phenols is 1. The highest BCUT2D eigenvalue weighted by Crippen LogP contribution is 2.17. The molecule has 0 aliphatic heterocycles. The van der Waals surface area contributed by atoms with Crippen LogP contribution >= 0.6 is 0 Å². The highest BCUT2D eigenvalue weighted by atomic mass is 16.3. The number of nitrogens with one attached hydrogen (secondary N) is 1. The predicted molar refractivity (Wildman–Crippen MR) is 54.8 cm³/mol. The summed E-state index contributed by atoms with van der Waals surface area (Å²) < 4.78 is 0. The third-order valence-corrected chi connectivity index (χ3v) is 1.96. The lowest BCUT2D eigenvalue weighted by Gasteiger charge is -2.06. The maximum absolute atomic E-state index is 9.49. The molecule has 0 bridgehead atoms. The van der Waals surface area contributed by atoms with Gasteiger partial charge in [-0.3, -0.25) is 0 Å². The molecule has 2 N–H and O–H groups in total. The molecule has 0 aliphatic rings. The van der Waals surface area contributed by atoms with Crippen LogP contribution in [-0.4, -0.2) is 11.7 Å². The molecule has 0 unspecified atom stereocenters. The predicted octanol–water partition coefficient (Wildman–Crippen LogP) is 1.70. The van der Waals surface area contributed by atoms with Crippen molar-refractivity contribution in [3.05, 3.63) is 29.3 Å². The summed E-state index contributed by atoms with van der Waals surface area (Å²) in [6.07, 6.45) is 0.493. The van der Waals surface area contributed by atoms with Gasteiger partial charge in [0.25, 0.3) is 0 Å². The fraction of sp³-hybridized carbons (Fsp3) is 0.364. The van der Waals surface area contributed by atoms with Crippen molar-refractivity contribution in [2.24, 2.45) is 0 Å². The van der Waals surface area contributed by atoms with Gasteiger partial charge >= 0.3 is 0 Å². The fourth-order valence-corrected chi connectivity index (χ4v) is 1.22. The smallest absolute Gasteiger partial charge is 0.120 e. The summed E-state index contributed by atoms with van der Waals surface area (Å²) in [6.45, 7) is 3.25. The lowest BCUT2D eigenvalue weighted by molar-refractivity contribution is 0.464. The third-order valence-electron chi connectivity index (χ3n) is 1.96. The number of aryl methyl sites for hydroxylation is 1. The molecule has 0 aliphatic carbocycles. The molecule has 1 rings (SSSR count). The second-order valence-electron chi connectivity index (χ2n) is 3.22. The van der Waals surface area contributed by atoms with Gasteiger partial charge in [0, 0.05) is 25.1 Å². The summed E-state index contributed by atoms with van der Waals surface area (Å²) in [5, 5.41) is 20.9. The van der Waals surface area contributed by atoms with Crippen LogP contribution in [0, 0.1) is 18.3 Å². The third kappa shape index (κ3) is 3.08. The first kappa shape index (κ1) is 10.6. The SMILES string of the molecule is Cc1ccc(O)c(CNCCC#N)c1. The molecule has 0 fully saturated rings. The second kappa shape index (κ2) is 5.25. The van der Waals surface area contributed by atoms with Crippen molar-refractivity contribution in [1.82, 2.24) is 5.32 Å². The van der Waals surface area contributed by atoms with Crippen molar-refractivity contribution in [2.45, 2.75) is 19.9 Å². The molecule has 74 valence electrons. The van der Waals surface area contributed by atoms with Gasteiger partial charge in [0.15, 0.2) is 0 Å². The van der Waals surface area contributed by atoms with E-state index in [0.29, 0.717) is 25.3 Å². The van der Waals surface area contributed by atoms with Crippen molar-refractivity contribution in [2.75, 3.05) is 6.54 Å². The number of phenolic OH excluding ortho intramolecular Hbond substituents is 1. The molecular weight excluding hydrogens is 176 g/mol. The van der Waals surface area contributed by atoms with E-state index in [0.717, 1.165) is 11.1 Å². The van der Waals surface area contributed by atoms with E-state index in [1.165, 1.54) is 0 Å². The van der Waals surface area contributed by atoms with Gasteiger partial charge in [-0.15, -0.1) is 0 Å². The second-order valence-corrected chi connectivity index (χ2v) is 3.22. The van der Waals surface area contributed by atoms with Crippen molar-refractivity contribution >= 4 is 0 Å². The molecule has 1 aromatic carbocycles. The largest absolute Gasteiger partial charge is 0.508 e. The molecule has 0 saturated carbocycles. The summed E-state index contributed by atoms with van der Waals surface area (Å²) >= 11 is 0. The number of hydrogen-bond acceptors (Lipinski definition) is 3. The summed E-state index contributed by atoms with van der Waals surface area (Å²) in [6, 6.07) is 7.55. The van der Waals surface area contributed by atoms with Crippen LogP contribution in [0.2, 0.25) is 0 Å². The molecule has 0 aromatic heterocycles. The Morgan fingerprint density at radius 2 is 2.29 bits per heavy atom. The van der Waals surface area contributed by atoms with Gasteiger partial charge in [0.05, 0.1) is 6.07 Å². The number of hydrogen-bond donors (Lipinski definition) is 2. The Morgan fingerprint density at radius 1 is 1.50 bits per heavy atom. The van der Waals surface area contributed by atoms with Crippen LogP contribution in [0.4, 0.5) is 0 Å². The monoisotopic (exact) mass is 190 g/mol. The van der Waals surface area contributed by atoms with E-state index in [-0.39, 0.29) is 0 Å². The molecule has 0 radical (unpaired) electrons. The Balaban J connectivity index is 2.50. The number of aromatic hydroxyl groups is 1. The molecule has 0 atom stereocenters. The minimum atomic E-state index is 0.306. The van der Waals surface area contributed by atoms with E-state index in [4.69, 9.17) is 5.26 Å². The average Bonchev–Trinajstić information content (AvgIpc) is 2.18. The molecule has 3 heteroatoms. The highest BCUT2D eigenvalue weighted by Gasteiger charge is 1.99. The van der Waals surface area contributed by atoms with Crippen molar-refractivity contribution in [3.8, 4) is 11.8 Å². The Hall–Kier alpha value is -1.53. The zero-order chi connectivity index (χ0) is 10.4. The minimum absolute atomic E-state index is 0.306. The molecular formula is C11H14N2O. The molecule has 0 saturated heterocycles. The van der Waals surface area contributed by atoms with Gasteiger partial charge in [-0.2, -0.15) is 5.26 Å². The first-order chi connectivity index (χ1) is 6.74. The van der Waals surface area contributed by atoms with E-state index >= 15 is 0 Å². The molecule has 1 aromatic rings. The van der Waals surface area contributed by atoms with Crippen LogP contribution in [0.25, 0.3) is 0 Å². The standard InChI is InChI=1S/C11H14N2O/c1-9-3-4-11(14)10(7-9)8-13-6-2-5-12/h3-4,7,13-14H,2,6,8H2,1H3. The van der Waals surface area contributed by atoms with Gasteiger partial charge in [0.2, 0.25) is 0 Å². The summed E-state index contributed by atoms with van der Waals surface area (Å²) in [5.41, 5.74) is 2.00. The normalized spacial score (nSPS) is 9.71. The molecule has 0 spiro atoms. The van der Waals surface area contributed by atoms with Crippen LogP contribution < -0.4 is 5.32 Å². The minimum Gasteiger partial charge on any atom is -0.508 e. The van der Waals surface area contributed by atoms with Crippen LogP contribution in [-0.2, 0) is 6.54 Å². The van der Waals surface area contributed by atoms with Gasteiger partial charge in [-0.1, -0.05) is 17.7 Å². The molecule has 0 amide bonds. The van der Waals surface area contributed by atoms with E-state index in [1.54, 1.807) is 6.07 Å². The Morgan fingerprint density at radius 3 is 3.00 bits per heavy atom. The van der Waals surface area contributed by atoms with Crippen molar-refractivity contribution in [3.63, 3.8) is 0 Å². The maximum atomic E-state index is 9.49. The highest BCUT2D eigenvalue weighted by molar-refractivity contribution is 5.35. The van der Waals surface area contributed by atoms with E-state index in [9.17, 15) is 5.11 Å². The van der Waals surface area contributed by atoms with Crippen LogP contribution in [0.5, 0.6) is 5.75 Å². The summed E-state index contributed by atoms with van der Waals surface area (Å²) in [7, 11) is 0. The zero-order valence-electron chi connectivity index (χ0n) is 8.25. The molecule has 0 heterocycles. The summed E-state index contributed by atoms with van der Waals surface area (Å²) in [5.74, 6) is 0.306. The summed E-state index contributed by atoms with van der Waals surface area (Å²) in [4.78, 5) is 0. The van der Waals surface area contributed by atoms with Gasteiger partial charge in [0.1, 0.15) is 5.75 Å². The maximum Gasteiger partial charge on any atom is 0.120 e. The van der Waals surface area contributed by atoms with E-state index < -0.39 is 0 Å². The first-order valence-corrected chi connectivity index (χ1v) is 4.60. The van der Waals surface area contributed by atoms with Gasteiger partial charge in [-0.05, 0) is 13.0 Å². The molecule has 3 nitrogen and oxygen atoms in total. The van der Waals surface area contributed by atoms with E-state index in [2.05, 4.69) is 11.4 Å². The number of benzene rings is 1. The Labute approximate surface area is 84.0 Å². The Bertz CT molecular complexity index is 342. The lowest BCUT2D eigenvalue weighted by atomic mass is 10.1. The fourth-order valence-electron chi connectivity index (χ4n) is 1.22. The van der Waals surface area contributed by atoms with Crippen molar-refractivity contribution in [1.29, 1.82) is 5.26 Å². The van der Waals surface area contributed by atoms with Gasteiger partial charge < -0.3 is 10.4 Å². The first-order valence-electron chi connectivity index (χ1n) is 4.60. The van der Waals surface area contributed by atoms with E-state index in [1.807, 2.05) is 19.1 Å². The lowest BCUT2D eigenvalue weighted by Crippen LogP contribution is -2.14. The van der Waals surface area contributed by atoms with Crippen LogP contribution in [0.15, 0.2) is 18.2 Å². The number of nitriles is 1.